The maximum absolute atomic E-state index is 12.2. The van der Waals surface area contributed by atoms with Crippen molar-refractivity contribution in [2.45, 2.75) is 40.2 Å². The first-order valence-electron chi connectivity index (χ1n) is 9.41. The fraction of sp³-hybridized carbons (Fsp3) is 0.550. The van der Waals surface area contributed by atoms with Crippen LogP contribution in [0.2, 0.25) is 0 Å². The van der Waals surface area contributed by atoms with E-state index in [2.05, 4.69) is 40.3 Å². The summed E-state index contributed by atoms with van der Waals surface area (Å²) in [5, 5.41) is 7.14. The third kappa shape index (κ3) is 4.91. The van der Waals surface area contributed by atoms with Gasteiger partial charge in [-0.1, -0.05) is 42.8 Å². The molecule has 2 heterocycles. The number of hydrogen-bond acceptors (Lipinski definition) is 5. The second-order valence-electron chi connectivity index (χ2n) is 7.57. The minimum Gasteiger partial charge on any atom is -0.356 e. The van der Waals surface area contributed by atoms with Gasteiger partial charge < -0.3 is 9.84 Å². The van der Waals surface area contributed by atoms with Gasteiger partial charge in [-0.3, -0.25) is 9.69 Å². The third-order valence-electron chi connectivity index (χ3n) is 4.75. The molecule has 1 fully saturated rings. The van der Waals surface area contributed by atoms with Crippen molar-refractivity contribution in [3.8, 4) is 11.4 Å². The molecule has 3 rings (SSSR count). The predicted molar refractivity (Wildman–Crippen MR) is 100 cm³/mol. The zero-order chi connectivity index (χ0) is 18.5. The average molecular weight is 356 g/mol. The van der Waals surface area contributed by atoms with Crippen LogP contribution in [0.3, 0.4) is 0 Å². The topological polar surface area (TPSA) is 71.3 Å². The molecule has 1 amide bonds. The first kappa shape index (κ1) is 18.6. The second-order valence-corrected chi connectivity index (χ2v) is 7.57. The molecule has 0 bridgehead atoms. The number of hydrogen-bond donors (Lipinski definition) is 1. The van der Waals surface area contributed by atoms with Crippen LogP contribution in [0.5, 0.6) is 0 Å². The minimum atomic E-state index is 0.121. The van der Waals surface area contributed by atoms with Crippen molar-refractivity contribution >= 4 is 5.91 Å². The fourth-order valence-electron chi connectivity index (χ4n) is 3.21. The number of aryl methyl sites for hydroxylation is 1. The molecule has 0 unspecified atom stereocenters. The second kappa shape index (κ2) is 8.45. The monoisotopic (exact) mass is 356 g/mol. The van der Waals surface area contributed by atoms with Gasteiger partial charge in [0.25, 0.3) is 0 Å². The van der Waals surface area contributed by atoms with Gasteiger partial charge >= 0.3 is 0 Å². The van der Waals surface area contributed by atoms with E-state index in [0.717, 1.165) is 38.0 Å². The first-order chi connectivity index (χ1) is 12.5. The normalized spacial score (nSPS) is 16.2. The quantitative estimate of drug-likeness (QED) is 0.861. The van der Waals surface area contributed by atoms with Crippen LogP contribution in [0.4, 0.5) is 0 Å². The lowest BCUT2D eigenvalue weighted by Crippen LogP contribution is -2.41. The molecule has 140 valence electrons. The Labute approximate surface area is 155 Å². The Morgan fingerprint density at radius 3 is 2.81 bits per heavy atom. The third-order valence-corrected chi connectivity index (χ3v) is 4.75. The lowest BCUT2D eigenvalue weighted by molar-refractivity contribution is -0.126. The van der Waals surface area contributed by atoms with E-state index in [1.54, 1.807) is 0 Å². The van der Waals surface area contributed by atoms with E-state index in [0.29, 0.717) is 24.2 Å². The lowest BCUT2D eigenvalue weighted by atomic mass is 9.95. The maximum Gasteiger partial charge on any atom is 0.241 e. The highest BCUT2D eigenvalue weighted by atomic mass is 16.5. The van der Waals surface area contributed by atoms with Gasteiger partial charge in [0.15, 0.2) is 0 Å². The van der Waals surface area contributed by atoms with E-state index in [1.807, 2.05) is 25.1 Å². The van der Waals surface area contributed by atoms with Gasteiger partial charge in [-0.05, 0) is 44.8 Å². The van der Waals surface area contributed by atoms with Crippen LogP contribution < -0.4 is 5.32 Å². The number of likely N-dealkylation sites (tertiary alicyclic amines) is 1. The molecule has 6 nitrogen and oxygen atoms in total. The minimum absolute atomic E-state index is 0.121. The van der Waals surface area contributed by atoms with E-state index < -0.39 is 0 Å². The molecule has 1 aromatic carbocycles. The van der Waals surface area contributed by atoms with Crippen molar-refractivity contribution in [1.82, 2.24) is 20.4 Å². The van der Waals surface area contributed by atoms with Gasteiger partial charge in [-0.25, -0.2) is 0 Å². The van der Waals surface area contributed by atoms with Crippen LogP contribution in [0.1, 0.15) is 38.1 Å². The molecule has 1 N–H and O–H groups in total. The smallest absolute Gasteiger partial charge is 0.241 e. The number of nitrogens with zero attached hydrogens (tertiary/aromatic N) is 3. The maximum atomic E-state index is 12.2. The van der Waals surface area contributed by atoms with Crippen LogP contribution in [-0.4, -0.2) is 40.6 Å². The molecule has 6 heteroatoms. The summed E-state index contributed by atoms with van der Waals surface area (Å²) in [6.45, 7) is 9.41. The van der Waals surface area contributed by atoms with Crippen molar-refractivity contribution in [2.24, 2.45) is 11.8 Å². The first-order valence-corrected chi connectivity index (χ1v) is 9.41. The van der Waals surface area contributed by atoms with E-state index >= 15 is 0 Å². The Bertz CT molecular complexity index is 733. The van der Waals surface area contributed by atoms with Crippen molar-refractivity contribution in [2.75, 3.05) is 19.6 Å². The lowest BCUT2D eigenvalue weighted by Gasteiger charge is -2.30. The molecule has 2 aromatic rings. The molecule has 0 aliphatic carbocycles. The van der Waals surface area contributed by atoms with Crippen LogP contribution in [0.15, 0.2) is 28.8 Å². The van der Waals surface area contributed by atoms with Crippen LogP contribution >= 0.6 is 0 Å². The van der Waals surface area contributed by atoms with Crippen molar-refractivity contribution < 1.29 is 9.32 Å². The van der Waals surface area contributed by atoms with Crippen LogP contribution in [0, 0.1) is 18.8 Å². The summed E-state index contributed by atoms with van der Waals surface area (Å²) in [5.41, 5.74) is 2.15. The number of rotatable bonds is 6. The molecular weight excluding hydrogens is 328 g/mol. The molecule has 0 atom stereocenters. The number of carbonyl (C=O) groups excluding carboxylic acids is 1. The molecule has 1 saturated heterocycles. The highest BCUT2D eigenvalue weighted by molar-refractivity contribution is 5.78. The number of piperidine rings is 1. The standard InChI is InChI=1S/C20H28N4O2/c1-14(2)12-21-20(25)16-7-9-24(10-8-16)13-18-22-19(23-26-18)17-6-4-5-15(3)11-17/h4-6,11,14,16H,7-10,12-13H2,1-3H3,(H,21,25). The molecule has 1 aromatic heterocycles. The molecule has 1 aliphatic heterocycles. The molecular formula is C20H28N4O2. The van der Waals surface area contributed by atoms with Gasteiger partial charge in [-0.15, -0.1) is 0 Å². The zero-order valence-electron chi connectivity index (χ0n) is 15.9. The van der Waals surface area contributed by atoms with Crippen molar-refractivity contribution in [3.05, 3.63) is 35.7 Å². The van der Waals surface area contributed by atoms with Crippen molar-refractivity contribution in [1.29, 1.82) is 0 Å². The Kier molecular flexibility index (Phi) is 6.04. The van der Waals surface area contributed by atoms with E-state index in [4.69, 9.17) is 4.52 Å². The number of nitrogens with one attached hydrogen (secondary N) is 1. The number of benzene rings is 1. The van der Waals surface area contributed by atoms with Gasteiger partial charge in [0.05, 0.1) is 6.54 Å². The number of carbonyl (C=O) groups is 1. The summed E-state index contributed by atoms with van der Waals surface area (Å²) in [6.07, 6.45) is 1.76. The average Bonchev–Trinajstić information content (AvgIpc) is 3.09. The fourth-order valence-corrected chi connectivity index (χ4v) is 3.21. The highest BCUT2D eigenvalue weighted by Crippen LogP contribution is 2.21. The van der Waals surface area contributed by atoms with Crippen LogP contribution in [-0.2, 0) is 11.3 Å². The highest BCUT2D eigenvalue weighted by Gasteiger charge is 2.25. The van der Waals surface area contributed by atoms with Gasteiger partial charge in [0, 0.05) is 18.0 Å². The summed E-state index contributed by atoms with van der Waals surface area (Å²) in [6, 6.07) is 8.08. The van der Waals surface area contributed by atoms with E-state index in [-0.39, 0.29) is 11.8 Å². The Morgan fingerprint density at radius 2 is 2.12 bits per heavy atom. The number of amides is 1. The van der Waals surface area contributed by atoms with E-state index in [9.17, 15) is 4.79 Å². The summed E-state index contributed by atoms with van der Waals surface area (Å²) in [7, 11) is 0. The Balaban J connectivity index is 1.50. The number of aromatic nitrogens is 2. The van der Waals surface area contributed by atoms with E-state index in [1.165, 1.54) is 5.56 Å². The van der Waals surface area contributed by atoms with Gasteiger partial charge in [0.1, 0.15) is 0 Å². The molecule has 0 radical (unpaired) electrons. The predicted octanol–water partition coefficient (Wildman–Crippen LogP) is 3.03. The van der Waals surface area contributed by atoms with Gasteiger partial charge in [0.2, 0.25) is 17.6 Å². The summed E-state index contributed by atoms with van der Waals surface area (Å²) in [5.74, 6) is 2.06. The van der Waals surface area contributed by atoms with Crippen LogP contribution in [0.25, 0.3) is 11.4 Å². The SMILES string of the molecule is Cc1cccc(-c2noc(CN3CCC(C(=O)NCC(C)C)CC3)n2)c1. The molecule has 0 spiro atoms. The zero-order valence-corrected chi connectivity index (χ0v) is 15.9. The Morgan fingerprint density at radius 1 is 1.35 bits per heavy atom. The molecule has 0 saturated carbocycles. The molecule has 26 heavy (non-hydrogen) atoms. The summed E-state index contributed by atoms with van der Waals surface area (Å²) < 4.78 is 5.42. The van der Waals surface area contributed by atoms with Crippen molar-refractivity contribution in [3.63, 3.8) is 0 Å². The Hall–Kier alpha value is -2.21. The van der Waals surface area contributed by atoms with Gasteiger partial charge in [-0.2, -0.15) is 4.98 Å². The summed E-state index contributed by atoms with van der Waals surface area (Å²) in [4.78, 5) is 19.0. The molecule has 1 aliphatic rings. The largest absolute Gasteiger partial charge is 0.356 e. The summed E-state index contributed by atoms with van der Waals surface area (Å²) >= 11 is 0.